The summed E-state index contributed by atoms with van der Waals surface area (Å²) in [5.41, 5.74) is 7.38. The molecule has 0 amide bonds. The van der Waals surface area contributed by atoms with Gasteiger partial charge in [-0.15, -0.1) is 0 Å². The van der Waals surface area contributed by atoms with Gasteiger partial charge in [-0.05, 0) is 36.8 Å². The summed E-state index contributed by atoms with van der Waals surface area (Å²) in [6, 6.07) is 6.42. The highest BCUT2D eigenvalue weighted by Crippen LogP contribution is 2.32. The zero-order chi connectivity index (χ0) is 15.1. The maximum Gasteiger partial charge on any atom is 0.137 e. The average molecular weight is 291 g/mol. The van der Waals surface area contributed by atoms with Gasteiger partial charge in [0, 0.05) is 23.1 Å². The third-order valence-electron chi connectivity index (χ3n) is 3.46. The zero-order valence-electron chi connectivity index (χ0n) is 11.2. The molecule has 21 heavy (non-hydrogen) atoms. The van der Waals surface area contributed by atoms with Gasteiger partial charge in [0.15, 0.2) is 0 Å². The molecule has 2 N–H and O–H groups in total. The Labute approximate surface area is 119 Å². The first-order chi connectivity index (χ1) is 9.95. The monoisotopic (exact) mass is 291 g/mol. The van der Waals surface area contributed by atoms with Gasteiger partial charge in [0.25, 0.3) is 0 Å². The van der Waals surface area contributed by atoms with Crippen LogP contribution in [0.25, 0.3) is 11.0 Å². The van der Waals surface area contributed by atoms with Crippen LogP contribution in [0.15, 0.2) is 40.8 Å². The Morgan fingerprint density at radius 2 is 1.62 bits per heavy atom. The van der Waals surface area contributed by atoms with E-state index in [-0.39, 0.29) is 5.56 Å². The van der Waals surface area contributed by atoms with Crippen molar-refractivity contribution in [3.63, 3.8) is 0 Å². The fourth-order valence-corrected chi connectivity index (χ4v) is 2.42. The molecule has 108 valence electrons. The Balaban J connectivity index is 2.12. The van der Waals surface area contributed by atoms with Crippen LogP contribution in [0.4, 0.5) is 13.2 Å². The van der Waals surface area contributed by atoms with E-state index in [9.17, 15) is 13.2 Å². The molecule has 0 fully saturated rings. The van der Waals surface area contributed by atoms with Gasteiger partial charge in [0.1, 0.15) is 28.8 Å². The van der Waals surface area contributed by atoms with Crippen molar-refractivity contribution in [3.05, 3.63) is 70.7 Å². The van der Waals surface area contributed by atoms with Gasteiger partial charge < -0.3 is 10.2 Å². The van der Waals surface area contributed by atoms with Gasteiger partial charge in [-0.3, -0.25) is 0 Å². The lowest BCUT2D eigenvalue weighted by molar-refractivity contribution is 0.513. The van der Waals surface area contributed by atoms with Crippen molar-refractivity contribution in [2.75, 3.05) is 0 Å². The highest BCUT2D eigenvalue weighted by molar-refractivity contribution is 5.82. The SMILES string of the molecule is Cc1c(C(N)c2cc(F)cc(F)c2)oc2cc(F)ccc12. The molecule has 1 unspecified atom stereocenters. The number of aryl methyl sites for hydroxylation is 1. The van der Waals surface area contributed by atoms with Gasteiger partial charge >= 0.3 is 0 Å². The standard InChI is InChI=1S/C16H12F3NO/c1-8-13-3-2-10(17)7-14(13)21-16(8)15(20)9-4-11(18)6-12(19)5-9/h2-7,15H,20H2,1H3. The number of nitrogens with two attached hydrogens (primary N) is 1. The number of furan rings is 1. The van der Waals surface area contributed by atoms with Gasteiger partial charge in [-0.2, -0.15) is 0 Å². The number of rotatable bonds is 2. The second kappa shape index (κ2) is 4.93. The van der Waals surface area contributed by atoms with Crippen LogP contribution in [0.2, 0.25) is 0 Å². The normalized spacial score (nSPS) is 12.8. The molecule has 0 bridgehead atoms. The number of benzene rings is 2. The molecule has 5 heteroatoms. The van der Waals surface area contributed by atoms with E-state index < -0.39 is 23.5 Å². The van der Waals surface area contributed by atoms with E-state index in [1.807, 2.05) is 0 Å². The highest BCUT2D eigenvalue weighted by atomic mass is 19.1. The highest BCUT2D eigenvalue weighted by Gasteiger charge is 2.20. The summed E-state index contributed by atoms with van der Waals surface area (Å²) < 4.78 is 45.4. The Morgan fingerprint density at radius 3 is 2.29 bits per heavy atom. The lowest BCUT2D eigenvalue weighted by Crippen LogP contribution is -2.12. The summed E-state index contributed by atoms with van der Waals surface area (Å²) in [5.74, 6) is -1.48. The van der Waals surface area contributed by atoms with E-state index in [1.165, 1.54) is 12.1 Å². The molecule has 1 heterocycles. The van der Waals surface area contributed by atoms with Crippen molar-refractivity contribution in [2.24, 2.45) is 5.73 Å². The molecule has 0 spiro atoms. The summed E-state index contributed by atoms with van der Waals surface area (Å²) in [5, 5.41) is 0.721. The molecule has 0 aliphatic carbocycles. The van der Waals surface area contributed by atoms with E-state index in [4.69, 9.17) is 10.2 Å². The van der Waals surface area contributed by atoms with Crippen molar-refractivity contribution in [3.8, 4) is 0 Å². The quantitative estimate of drug-likeness (QED) is 0.768. The molecule has 0 radical (unpaired) electrons. The fraction of sp³-hybridized carbons (Fsp3) is 0.125. The van der Waals surface area contributed by atoms with E-state index in [0.717, 1.165) is 29.1 Å². The van der Waals surface area contributed by atoms with Gasteiger partial charge in [-0.1, -0.05) is 0 Å². The lowest BCUT2D eigenvalue weighted by atomic mass is 10.0. The Morgan fingerprint density at radius 1 is 0.952 bits per heavy atom. The molecule has 0 saturated carbocycles. The third kappa shape index (κ3) is 2.40. The lowest BCUT2D eigenvalue weighted by Gasteiger charge is -2.10. The van der Waals surface area contributed by atoms with Gasteiger partial charge in [0.2, 0.25) is 0 Å². The first-order valence-electron chi connectivity index (χ1n) is 6.36. The average Bonchev–Trinajstić information content (AvgIpc) is 2.73. The maximum atomic E-state index is 13.3. The van der Waals surface area contributed by atoms with Crippen molar-refractivity contribution < 1.29 is 17.6 Å². The molecule has 3 rings (SSSR count). The minimum atomic E-state index is -0.828. The topological polar surface area (TPSA) is 39.2 Å². The summed E-state index contributed by atoms with van der Waals surface area (Å²) in [6.45, 7) is 1.77. The zero-order valence-corrected chi connectivity index (χ0v) is 11.2. The molecule has 3 aromatic rings. The molecular weight excluding hydrogens is 279 g/mol. The Hall–Kier alpha value is -2.27. The summed E-state index contributed by atoms with van der Waals surface area (Å²) in [4.78, 5) is 0. The largest absolute Gasteiger partial charge is 0.459 e. The van der Waals surface area contributed by atoms with Gasteiger partial charge in [0.05, 0.1) is 6.04 Å². The maximum absolute atomic E-state index is 13.3. The molecule has 2 nitrogen and oxygen atoms in total. The number of hydrogen-bond donors (Lipinski definition) is 1. The fourth-order valence-electron chi connectivity index (χ4n) is 2.42. The Bertz CT molecular complexity index is 805. The summed E-state index contributed by atoms with van der Waals surface area (Å²) in [7, 11) is 0. The van der Waals surface area contributed by atoms with Crippen LogP contribution in [-0.4, -0.2) is 0 Å². The number of hydrogen-bond acceptors (Lipinski definition) is 2. The first kappa shape index (κ1) is 13.7. The molecular formula is C16H12F3NO. The van der Waals surface area contributed by atoms with Crippen LogP contribution in [-0.2, 0) is 0 Å². The van der Waals surface area contributed by atoms with Crippen LogP contribution in [0.1, 0.15) is 22.9 Å². The summed E-state index contributed by atoms with van der Waals surface area (Å²) in [6.07, 6.45) is 0. The van der Waals surface area contributed by atoms with Crippen LogP contribution in [0.5, 0.6) is 0 Å². The van der Waals surface area contributed by atoms with Crippen molar-refractivity contribution >= 4 is 11.0 Å². The Kier molecular flexibility index (Phi) is 3.22. The van der Waals surface area contributed by atoms with E-state index >= 15 is 0 Å². The van der Waals surface area contributed by atoms with Crippen LogP contribution < -0.4 is 5.73 Å². The molecule has 1 aromatic heterocycles. The summed E-state index contributed by atoms with van der Waals surface area (Å²) >= 11 is 0. The number of halogens is 3. The molecule has 1 atom stereocenters. The molecule has 0 aliphatic rings. The minimum Gasteiger partial charge on any atom is -0.459 e. The minimum absolute atomic E-state index is 0.259. The van der Waals surface area contributed by atoms with E-state index in [0.29, 0.717) is 11.3 Å². The second-order valence-electron chi connectivity index (χ2n) is 4.91. The molecule has 0 saturated heterocycles. The smallest absolute Gasteiger partial charge is 0.137 e. The number of fused-ring (bicyclic) bond motifs is 1. The van der Waals surface area contributed by atoms with Crippen LogP contribution in [0.3, 0.4) is 0 Å². The van der Waals surface area contributed by atoms with Gasteiger partial charge in [-0.25, -0.2) is 13.2 Å². The second-order valence-corrected chi connectivity index (χ2v) is 4.91. The van der Waals surface area contributed by atoms with Crippen molar-refractivity contribution in [1.82, 2.24) is 0 Å². The first-order valence-corrected chi connectivity index (χ1v) is 6.36. The van der Waals surface area contributed by atoms with Crippen molar-refractivity contribution in [1.29, 1.82) is 0 Å². The predicted octanol–water partition coefficient (Wildman–Crippen LogP) is 4.21. The molecule has 0 aliphatic heterocycles. The van der Waals surface area contributed by atoms with Crippen molar-refractivity contribution in [2.45, 2.75) is 13.0 Å². The third-order valence-corrected chi connectivity index (χ3v) is 3.46. The predicted molar refractivity (Wildman–Crippen MR) is 73.3 cm³/mol. The van der Waals surface area contributed by atoms with E-state index in [1.54, 1.807) is 13.0 Å². The van der Waals surface area contributed by atoms with Crippen LogP contribution in [0, 0.1) is 24.4 Å². The van der Waals surface area contributed by atoms with E-state index in [2.05, 4.69) is 0 Å². The molecule has 2 aromatic carbocycles. The van der Waals surface area contributed by atoms with Crippen LogP contribution >= 0.6 is 0 Å².